The minimum absolute atomic E-state index is 0.570. The first kappa shape index (κ1) is 32.4. The Morgan fingerprint density at radius 1 is 0.276 bits per heavy atom. The molecule has 4 aromatic heterocycles. The third-order valence-corrected chi connectivity index (χ3v) is 11.6. The molecule has 0 radical (unpaired) electrons. The zero-order valence-electron chi connectivity index (χ0n) is 31.3. The summed E-state index contributed by atoms with van der Waals surface area (Å²) < 4.78 is 4.64. The molecule has 58 heavy (non-hydrogen) atoms. The Kier molecular flexibility index (Phi) is 7.16. The molecule has 0 amide bonds. The molecule has 5 nitrogen and oxygen atoms in total. The van der Waals surface area contributed by atoms with Crippen LogP contribution in [-0.4, -0.2) is 23.9 Å². The molecule has 8 aromatic carbocycles. The second-order valence-corrected chi connectivity index (χ2v) is 14.9. The Morgan fingerprint density at radius 3 is 1.31 bits per heavy atom. The third kappa shape index (κ3) is 5.07. The average molecular weight is 740 g/mol. The molecule has 0 bridgehead atoms. The number of aromatic nitrogens is 5. The van der Waals surface area contributed by atoms with E-state index < -0.39 is 0 Å². The highest BCUT2D eigenvalue weighted by Gasteiger charge is 2.20. The second kappa shape index (κ2) is 12.8. The van der Waals surface area contributed by atoms with Gasteiger partial charge >= 0.3 is 0 Å². The average Bonchev–Trinajstić information content (AvgIpc) is 3.84. The first-order chi connectivity index (χ1) is 28.7. The van der Waals surface area contributed by atoms with Crippen molar-refractivity contribution in [1.82, 2.24) is 23.9 Å². The molecule has 270 valence electrons. The second-order valence-electron chi connectivity index (χ2n) is 14.9. The van der Waals surface area contributed by atoms with Crippen molar-refractivity contribution >= 4 is 59.9 Å². The van der Waals surface area contributed by atoms with Gasteiger partial charge in [-0.3, -0.25) is 4.57 Å². The molecule has 0 atom stereocenters. The predicted molar refractivity (Wildman–Crippen MR) is 239 cm³/mol. The van der Waals surface area contributed by atoms with E-state index in [0.29, 0.717) is 17.6 Å². The van der Waals surface area contributed by atoms with Gasteiger partial charge in [0.2, 0.25) is 5.95 Å². The lowest BCUT2D eigenvalue weighted by atomic mass is 10.0. The monoisotopic (exact) mass is 739 g/mol. The van der Waals surface area contributed by atoms with Crippen LogP contribution in [0.2, 0.25) is 0 Å². The van der Waals surface area contributed by atoms with Gasteiger partial charge in [0.1, 0.15) is 0 Å². The molecule has 5 heteroatoms. The lowest BCUT2D eigenvalue weighted by Crippen LogP contribution is -2.06. The zero-order valence-corrected chi connectivity index (χ0v) is 31.3. The van der Waals surface area contributed by atoms with Crippen molar-refractivity contribution in [2.24, 2.45) is 0 Å². The minimum atomic E-state index is 0.570. The number of hydrogen-bond donors (Lipinski definition) is 0. The van der Waals surface area contributed by atoms with E-state index in [4.69, 9.17) is 15.0 Å². The van der Waals surface area contributed by atoms with E-state index in [1.165, 1.54) is 43.7 Å². The van der Waals surface area contributed by atoms with Gasteiger partial charge in [0.05, 0.1) is 27.6 Å². The van der Waals surface area contributed by atoms with Crippen molar-refractivity contribution < 1.29 is 0 Å². The number of pyridine rings is 1. The van der Waals surface area contributed by atoms with Crippen LogP contribution in [0.5, 0.6) is 0 Å². The van der Waals surface area contributed by atoms with Crippen LogP contribution in [0.3, 0.4) is 0 Å². The van der Waals surface area contributed by atoms with E-state index >= 15 is 0 Å². The van der Waals surface area contributed by atoms with Crippen LogP contribution in [0.15, 0.2) is 200 Å². The maximum absolute atomic E-state index is 5.29. The van der Waals surface area contributed by atoms with Crippen LogP contribution < -0.4 is 0 Å². The Balaban J connectivity index is 1.11. The van der Waals surface area contributed by atoms with E-state index in [2.05, 4.69) is 197 Å². The van der Waals surface area contributed by atoms with Crippen molar-refractivity contribution in [2.75, 3.05) is 0 Å². The minimum Gasteiger partial charge on any atom is -0.309 e. The molecule has 0 N–H and O–H groups in total. The number of hydrogen-bond acceptors (Lipinski definition) is 3. The number of para-hydroxylation sites is 2. The van der Waals surface area contributed by atoms with Gasteiger partial charge in [0.15, 0.2) is 11.6 Å². The largest absolute Gasteiger partial charge is 0.309 e. The SMILES string of the molecule is c1ccc(-c2ccc(-c3nc(-c4ccc(-c5ccccc5)cc4)nc(-n4c5ccccc5c5cc6cc7c8ccccc8c8ccccc8n7c6cc54)n3)cc2)cc1. The Bertz CT molecular complexity index is 3430. The lowest BCUT2D eigenvalue weighted by molar-refractivity contribution is 0.954. The summed E-state index contributed by atoms with van der Waals surface area (Å²) in [5.41, 5.74) is 12.0. The molecule has 0 aliphatic rings. The van der Waals surface area contributed by atoms with E-state index in [1.807, 2.05) is 12.1 Å². The van der Waals surface area contributed by atoms with Crippen molar-refractivity contribution in [1.29, 1.82) is 0 Å². The van der Waals surface area contributed by atoms with Gasteiger partial charge in [0.25, 0.3) is 0 Å². The highest BCUT2D eigenvalue weighted by molar-refractivity contribution is 6.18. The lowest BCUT2D eigenvalue weighted by Gasteiger charge is -2.12. The standard InChI is InChI=1S/C53H33N5/c1-3-13-34(14-4-1)36-23-27-38(28-24-36)51-54-52(39-29-25-37(26-30-39)35-15-5-2-6-16-35)56-53(55-51)58-47-22-12-10-20-44(47)45-31-40-32-49-43-19-8-7-17-41(43)42-18-9-11-21-46(42)57(49)48(40)33-50(45)58/h1-33H. The fourth-order valence-corrected chi connectivity index (χ4v) is 8.79. The van der Waals surface area contributed by atoms with Gasteiger partial charge < -0.3 is 4.40 Å². The number of rotatable bonds is 5. The number of benzene rings is 8. The quantitative estimate of drug-likeness (QED) is 0.165. The fraction of sp³-hybridized carbons (Fsp3) is 0. The zero-order chi connectivity index (χ0) is 38.2. The molecule has 0 spiro atoms. The predicted octanol–water partition coefficient (Wildman–Crippen LogP) is 13.3. The Morgan fingerprint density at radius 2 is 0.724 bits per heavy atom. The molecule has 0 saturated heterocycles. The Labute approximate surface area is 333 Å². The maximum atomic E-state index is 5.29. The summed E-state index contributed by atoms with van der Waals surface area (Å²) in [7, 11) is 0. The van der Waals surface area contributed by atoms with Crippen LogP contribution >= 0.6 is 0 Å². The van der Waals surface area contributed by atoms with Gasteiger partial charge in [-0.05, 0) is 58.0 Å². The summed E-state index contributed by atoms with van der Waals surface area (Å²) in [6.07, 6.45) is 0. The molecule has 0 unspecified atom stereocenters. The summed E-state index contributed by atoms with van der Waals surface area (Å²) in [6, 6.07) is 70.9. The van der Waals surface area contributed by atoms with Crippen molar-refractivity contribution in [3.8, 4) is 51.0 Å². The highest BCUT2D eigenvalue weighted by atomic mass is 15.2. The topological polar surface area (TPSA) is 48.0 Å². The normalized spacial score (nSPS) is 11.8. The summed E-state index contributed by atoms with van der Waals surface area (Å²) in [5.74, 6) is 1.80. The molecule has 0 aliphatic heterocycles. The first-order valence-corrected chi connectivity index (χ1v) is 19.6. The number of fused-ring (bicyclic) bond motifs is 11. The van der Waals surface area contributed by atoms with Crippen LogP contribution in [0.4, 0.5) is 0 Å². The van der Waals surface area contributed by atoms with Crippen molar-refractivity contribution in [2.45, 2.75) is 0 Å². The molecule has 4 heterocycles. The van der Waals surface area contributed by atoms with Gasteiger partial charge in [0, 0.05) is 38.1 Å². The van der Waals surface area contributed by atoms with Gasteiger partial charge in [-0.2, -0.15) is 9.97 Å². The highest BCUT2D eigenvalue weighted by Crippen LogP contribution is 2.39. The molecule has 12 aromatic rings. The maximum Gasteiger partial charge on any atom is 0.238 e. The van der Waals surface area contributed by atoms with Gasteiger partial charge in [-0.1, -0.05) is 170 Å². The molecular weight excluding hydrogens is 707 g/mol. The van der Waals surface area contributed by atoms with E-state index in [9.17, 15) is 0 Å². The molecule has 0 fully saturated rings. The van der Waals surface area contributed by atoms with Crippen LogP contribution in [0, 0.1) is 0 Å². The van der Waals surface area contributed by atoms with Crippen LogP contribution in [0.25, 0.3) is 111 Å². The molecular formula is C53H33N5. The summed E-state index contributed by atoms with van der Waals surface area (Å²) in [4.78, 5) is 15.7. The van der Waals surface area contributed by atoms with Crippen LogP contribution in [-0.2, 0) is 0 Å². The van der Waals surface area contributed by atoms with Gasteiger partial charge in [-0.25, -0.2) is 4.98 Å². The summed E-state index contributed by atoms with van der Waals surface area (Å²) >= 11 is 0. The summed E-state index contributed by atoms with van der Waals surface area (Å²) in [5, 5.41) is 7.20. The molecule has 12 rings (SSSR count). The third-order valence-electron chi connectivity index (χ3n) is 11.6. The fourth-order valence-electron chi connectivity index (χ4n) is 8.79. The van der Waals surface area contributed by atoms with E-state index in [1.54, 1.807) is 0 Å². The van der Waals surface area contributed by atoms with Crippen molar-refractivity contribution in [3.63, 3.8) is 0 Å². The van der Waals surface area contributed by atoms with Gasteiger partial charge in [-0.15, -0.1) is 0 Å². The summed E-state index contributed by atoms with van der Waals surface area (Å²) in [6.45, 7) is 0. The number of nitrogens with zero attached hydrogens (tertiary/aromatic N) is 5. The van der Waals surface area contributed by atoms with E-state index in [0.717, 1.165) is 49.6 Å². The van der Waals surface area contributed by atoms with Crippen LogP contribution in [0.1, 0.15) is 0 Å². The Hall–Kier alpha value is -7.89. The first-order valence-electron chi connectivity index (χ1n) is 19.6. The molecule has 0 saturated carbocycles. The molecule has 0 aliphatic carbocycles. The van der Waals surface area contributed by atoms with Crippen molar-refractivity contribution in [3.05, 3.63) is 200 Å². The van der Waals surface area contributed by atoms with E-state index in [-0.39, 0.29) is 0 Å². The smallest absolute Gasteiger partial charge is 0.238 e.